The van der Waals surface area contributed by atoms with Gasteiger partial charge in [0.05, 0.1) is 19.6 Å². The molecule has 0 saturated carbocycles. The molecular weight excluding hydrogens is 125 g/mol. The van der Waals surface area contributed by atoms with E-state index in [-0.39, 0.29) is 0 Å². The van der Waals surface area contributed by atoms with Crippen LogP contribution in [0.1, 0.15) is 0 Å². The first-order chi connectivity index (χ1) is 4.39. The van der Waals surface area contributed by atoms with Crippen LogP contribution in [0, 0.1) is 0 Å². The average Bonchev–Trinajstić information content (AvgIpc) is 1.94. The van der Waals surface area contributed by atoms with Crippen molar-refractivity contribution < 1.29 is 4.39 Å². The van der Waals surface area contributed by atoms with Gasteiger partial charge in [-0.25, -0.2) is 9.89 Å². The molecule has 5 heteroatoms. The smallest absolute Gasteiger partial charge is 0.255 e. The third-order valence-corrected chi connectivity index (χ3v) is 0.493. The number of halogens is 1. The minimum atomic E-state index is -0.414. The second-order valence-electron chi connectivity index (χ2n) is 0.973. The van der Waals surface area contributed by atoms with Gasteiger partial charge in [-0.1, -0.05) is 0 Å². The monoisotopic (exact) mass is 131 g/mol. The molecule has 1 N–H and O–H groups in total. The molecule has 0 bridgehead atoms. The third kappa shape index (κ3) is 3.33. The van der Waals surface area contributed by atoms with Crippen LogP contribution >= 0.6 is 0 Å². The summed E-state index contributed by atoms with van der Waals surface area (Å²) < 4.78 is 9.50. The van der Waals surface area contributed by atoms with E-state index in [0.717, 1.165) is 0 Å². The Morgan fingerprint density at radius 2 is 2.22 bits per heavy atom. The second kappa shape index (κ2) is 4.89. The number of alkyl halides is 1. The van der Waals surface area contributed by atoms with Crippen molar-refractivity contribution in [1.82, 2.24) is 15.2 Å². The number of hydrogen-bond acceptors (Lipinski definition) is 3. The molecule has 9 heavy (non-hydrogen) atoms. The molecule has 0 amide bonds. The summed E-state index contributed by atoms with van der Waals surface area (Å²) in [6.45, 7) is 0. The van der Waals surface area contributed by atoms with Crippen LogP contribution in [0.3, 0.4) is 0 Å². The fourth-order valence-electron chi connectivity index (χ4n) is 0.256. The molecule has 0 saturated heterocycles. The predicted molar refractivity (Wildman–Crippen MR) is 29.7 cm³/mol. The van der Waals surface area contributed by atoms with E-state index in [1.54, 1.807) is 0 Å². The Bertz CT molecular complexity index is 182. The Morgan fingerprint density at radius 1 is 1.56 bits per heavy atom. The Hall–Kier alpha value is -1.26. The lowest BCUT2D eigenvalue weighted by molar-refractivity contribution is 0.636. The van der Waals surface area contributed by atoms with Crippen molar-refractivity contribution in [3.63, 3.8) is 0 Å². The van der Waals surface area contributed by atoms with Gasteiger partial charge in [-0.05, 0) is 0 Å². The van der Waals surface area contributed by atoms with Crippen LogP contribution in [0.4, 0.5) is 4.39 Å². The first kappa shape index (κ1) is 7.74. The van der Waals surface area contributed by atoms with E-state index < -0.39 is 5.69 Å². The maximum atomic E-state index is 10.0. The van der Waals surface area contributed by atoms with E-state index in [1.165, 1.54) is 12.4 Å². The zero-order chi connectivity index (χ0) is 7.11. The van der Waals surface area contributed by atoms with E-state index in [2.05, 4.69) is 15.2 Å². The molecule has 0 aliphatic carbocycles. The lowest BCUT2D eigenvalue weighted by Crippen LogP contribution is -2.08. The van der Waals surface area contributed by atoms with Gasteiger partial charge in [-0.15, -0.1) is 0 Å². The highest BCUT2D eigenvalue weighted by atomic mass is 19.1. The topological polar surface area (TPSA) is 58.6 Å². The Balaban J connectivity index is 0.000000291. The summed E-state index contributed by atoms with van der Waals surface area (Å²) in [7, 11) is 0.500. The molecule has 1 rings (SSSR count). The highest BCUT2D eigenvalue weighted by Gasteiger charge is 1.71. The largest absolute Gasteiger partial charge is 0.361 e. The van der Waals surface area contributed by atoms with E-state index in [1.807, 2.05) is 0 Å². The summed E-state index contributed by atoms with van der Waals surface area (Å²) in [4.78, 5) is 13.3. The van der Waals surface area contributed by atoms with Crippen LogP contribution in [-0.4, -0.2) is 22.4 Å². The number of nitrogens with one attached hydrogen (secondary N) is 1. The van der Waals surface area contributed by atoms with Crippen LogP contribution in [0.5, 0.6) is 0 Å². The first-order valence-electron chi connectivity index (χ1n) is 2.13. The zero-order valence-corrected chi connectivity index (χ0v) is 4.84. The van der Waals surface area contributed by atoms with Crippen LogP contribution in [0.15, 0.2) is 17.2 Å². The standard InChI is InChI=1S/C3H3N3O.CH3F/c7-3-4-1-2-5-6-3;1-2/h1-2H,(H,4,6,7);1H3. The minimum absolute atomic E-state index is 0.414. The van der Waals surface area contributed by atoms with Crippen molar-refractivity contribution in [1.29, 1.82) is 0 Å². The molecule has 4 nitrogen and oxygen atoms in total. The van der Waals surface area contributed by atoms with Gasteiger partial charge in [0.15, 0.2) is 0 Å². The summed E-state index contributed by atoms with van der Waals surface area (Å²) in [5.74, 6) is 0. The maximum absolute atomic E-state index is 10.0. The third-order valence-electron chi connectivity index (χ3n) is 0.493. The Morgan fingerprint density at radius 3 is 2.44 bits per heavy atom. The van der Waals surface area contributed by atoms with E-state index in [9.17, 15) is 9.18 Å². The van der Waals surface area contributed by atoms with Crippen LogP contribution in [0.25, 0.3) is 0 Å². The molecule has 0 fully saturated rings. The summed E-state index contributed by atoms with van der Waals surface area (Å²) in [6.07, 6.45) is 2.74. The Kier molecular flexibility index (Phi) is 4.20. The normalized spacial score (nSPS) is 7.33. The molecule has 0 aliphatic rings. The highest BCUT2D eigenvalue weighted by molar-refractivity contribution is 4.61. The number of aromatic amines is 1. The Labute approximate surface area is 50.8 Å². The maximum Gasteiger partial charge on any atom is 0.361 e. The van der Waals surface area contributed by atoms with Gasteiger partial charge in [0.25, 0.3) is 0 Å². The lowest BCUT2D eigenvalue weighted by atomic mass is 10.9. The zero-order valence-electron chi connectivity index (χ0n) is 4.84. The van der Waals surface area contributed by atoms with Crippen molar-refractivity contribution in [3.05, 3.63) is 22.9 Å². The fourth-order valence-corrected chi connectivity index (χ4v) is 0.256. The van der Waals surface area contributed by atoms with Gasteiger partial charge >= 0.3 is 5.69 Å². The number of H-pyrrole nitrogens is 1. The lowest BCUT2D eigenvalue weighted by Gasteiger charge is -1.72. The summed E-state index contributed by atoms with van der Waals surface area (Å²) in [5, 5.41) is 5.50. The molecule has 1 aromatic heterocycles. The van der Waals surface area contributed by atoms with Crippen molar-refractivity contribution in [2.45, 2.75) is 0 Å². The molecular formula is C4H6FN3O. The average molecular weight is 131 g/mol. The summed E-state index contributed by atoms with van der Waals surface area (Å²) >= 11 is 0. The SMILES string of the molecule is CF.O=c1nccn[nH]1. The van der Waals surface area contributed by atoms with Gasteiger partial charge in [0.1, 0.15) is 0 Å². The minimum Gasteiger partial charge on any atom is -0.255 e. The molecule has 1 aromatic rings. The first-order valence-corrected chi connectivity index (χ1v) is 2.13. The number of aromatic nitrogens is 3. The van der Waals surface area contributed by atoms with Gasteiger partial charge in [-0.3, -0.25) is 4.39 Å². The molecule has 0 radical (unpaired) electrons. The summed E-state index contributed by atoms with van der Waals surface area (Å²) in [6, 6.07) is 0. The van der Waals surface area contributed by atoms with Crippen molar-refractivity contribution in [3.8, 4) is 0 Å². The number of hydrogen-bond donors (Lipinski definition) is 1. The van der Waals surface area contributed by atoms with Crippen molar-refractivity contribution in [2.75, 3.05) is 7.18 Å². The van der Waals surface area contributed by atoms with E-state index >= 15 is 0 Å². The molecule has 50 valence electrons. The van der Waals surface area contributed by atoms with Crippen LogP contribution < -0.4 is 5.69 Å². The number of nitrogens with zero attached hydrogens (tertiary/aromatic N) is 2. The van der Waals surface area contributed by atoms with Crippen molar-refractivity contribution in [2.24, 2.45) is 0 Å². The number of rotatable bonds is 0. The molecule has 0 aromatic carbocycles. The predicted octanol–water partition coefficient (Wildman–Crippen LogP) is -0.249. The highest BCUT2D eigenvalue weighted by Crippen LogP contribution is 1.52. The molecule has 0 atom stereocenters. The van der Waals surface area contributed by atoms with Crippen molar-refractivity contribution >= 4 is 0 Å². The van der Waals surface area contributed by atoms with E-state index in [4.69, 9.17) is 0 Å². The van der Waals surface area contributed by atoms with Gasteiger partial charge in [-0.2, -0.15) is 10.1 Å². The van der Waals surface area contributed by atoms with Crippen LogP contribution in [-0.2, 0) is 0 Å². The molecule has 1 heterocycles. The molecule has 0 aliphatic heterocycles. The summed E-state index contributed by atoms with van der Waals surface area (Å²) in [5.41, 5.74) is -0.414. The molecule has 0 unspecified atom stereocenters. The molecule has 0 spiro atoms. The quantitative estimate of drug-likeness (QED) is 0.528. The van der Waals surface area contributed by atoms with Gasteiger partial charge in [0, 0.05) is 0 Å². The van der Waals surface area contributed by atoms with Crippen LogP contribution in [0.2, 0.25) is 0 Å². The fraction of sp³-hybridized carbons (Fsp3) is 0.250. The van der Waals surface area contributed by atoms with Gasteiger partial charge < -0.3 is 0 Å². The second-order valence-corrected chi connectivity index (χ2v) is 0.973. The van der Waals surface area contributed by atoms with E-state index in [0.29, 0.717) is 7.18 Å². The van der Waals surface area contributed by atoms with Gasteiger partial charge in [0.2, 0.25) is 0 Å².